The molecule has 0 atom stereocenters. The number of nitrogens with two attached hydrogens (primary N) is 1. The van der Waals surface area contributed by atoms with Crippen molar-refractivity contribution in [2.24, 2.45) is 5.73 Å². The second kappa shape index (κ2) is 5.46. The molecular formula is C11H17N3O2. The lowest BCUT2D eigenvalue weighted by atomic mass is 10.2. The lowest BCUT2D eigenvalue weighted by molar-refractivity contribution is 0.0792. The van der Waals surface area contributed by atoms with Gasteiger partial charge in [0.1, 0.15) is 5.56 Å². The zero-order chi connectivity index (χ0) is 12.1. The predicted molar refractivity (Wildman–Crippen MR) is 62.4 cm³/mol. The molecule has 0 aliphatic rings. The van der Waals surface area contributed by atoms with Crippen molar-refractivity contribution in [3.05, 3.63) is 33.7 Å². The summed E-state index contributed by atoms with van der Waals surface area (Å²) in [5.74, 6) is -0.269. The van der Waals surface area contributed by atoms with Crippen LogP contribution in [0.1, 0.15) is 22.5 Å². The maximum atomic E-state index is 11.8. The van der Waals surface area contributed by atoms with E-state index in [4.69, 9.17) is 5.73 Å². The van der Waals surface area contributed by atoms with Crippen molar-refractivity contribution < 1.29 is 4.79 Å². The molecule has 0 aromatic carbocycles. The van der Waals surface area contributed by atoms with Gasteiger partial charge in [-0.2, -0.15) is 0 Å². The van der Waals surface area contributed by atoms with Crippen molar-refractivity contribution in [3.8, 4) is 0 Å². The third kappa shape index (κ3) is 2.93. The van der Waals surface area contributed by atoms with E-state index in [1.54, 1.807) is 26.1 Å². The predicted octanol–water partition coefficient (Wildman–Crippen LogP) is 0.104. The van der Waals surface area contributed by atoms with Gasteiger partial charge in [0.25, 0.3) is 11.5 Å². The number of aryl methyl sites for hydroxylation is 1. The van der Waals surface area contributed by atoms with Crippen molar-refractivity contribution in [1.29, 1.82) is 0 Å². The lowest BCUT2D eigenvalue weighted by Gasteiger charge is -2.16. The maximum absolute atomic E-state index is 11.8. The van der Waals surface area contributed by atoms with E-state index in [-0.39, 0.29) is 17.0 Å². The van der Waals surface area contributed by atoms with Gasteiger partial charge in [-0.05, 0) is 32.0 Å². The Labute approximate surface area is 94.3 Å². The number of pyridine rings is 1. The fourth-order valence-electron chi connectivity index (χ4n) is 1.38. The van der Waals surface area contributed by atoms with Crippen LogP contribution in [0.15, 0.2) is 16.9 Å². The molecule has 0 fully saturated rings. The van der Waals surface area contributed by atoms with E-state index >= 15 is 0 Å². The minimum atomic E-state index is -0.343. The number of aromatic amines is 1. The standard InChI is InChI=1S/C11H17N3O2/c1-8-4-5-9(10(15)13-8)11(16)14(2)7-3-6-12/h4-5H,3,6-7,12H2,1-2H3,(H,13,15). The molecule has 88 valence electrons. The molecule has 0 aliphatic heterocycles. The zero-order valence-corrected chi connectivity index (χ0v) is 9.62. The number of carbonyl (C=O) groups excluding carboxylic acids is 1. The van der Waals surface area contributed by atoms with Crippen LogP contribution in [0.5, 0.6) is 0 Å². The highest BCUT2D eigenvalue weighted by atomic mass is 16.2. The van der Waals surface area contributed by atoms with Gasteiger partial charge in [0.15, 0.2) is 0 Å². The SMILES string of the molecule is Cc1ccc(C(=O)N(C)CCCN)c(=O)[nH]1. The molecule has 1 amide bonds. The molecule has 5 heteroatoms. The van der Waals surface area contributed by atoms with Crippen LogP contribution < -0.4 is 11.3 Å². The van der Waals surface area contributed by atoms with Gasteiger partial charge in [0.2, 0.25) is 0 Å². The molecule has 1 rings (SSSR count). The van der Waals surface area contributed by atoms with Crippen LogP contribution in [0.4, 0.5) is 0 Å². The molecule has 0 saturated heterocycles. The van der Waals surface area contributed by atoms with Crippen LogP contribution in [0.25, 0.3) is 0 Å². The summed E-state index contributed by atoms with van der Waals surface area (Å²) in [5.41, 5.74) is 5.93. The van der Waals surface area contributed by atoms with Crippen LogP contribution in [0.2, 0.25) is 0 Å². The number of hydrogen-bond donors (Lipinski definition) is 2. The highest BCUT2D eigenvalue weighted by Gasteiger charge is 2.14. The van der Waals surface area contributed by atoms with Crippen LogP contribution in [0, 0.1) is 6.92 Å². The number of nitrogens with zero attached hydrogens (tertiary/aromatic N) is 1. The number of amides is 1. The Morgan fingerprint density at radius 3 is 2.75 bits per heavy atom. The number of carbonyl (C=O) groups is 1. The zero-order valence-electron chi connectivity index (χ0n) is 9.62. The van der Waals surface area contributed by atoms with Crippen molar-refractivity contribution >= 4 is 5.91 Å². The van der Waals surface area contributed by atoms with E-state index in [2.05, 4.69) is 4.98 Å². The number of hydrogen-bond acceptors (Lipinski definition) is 3. The van der Waals surface area contributed by atoms with E-state index in [1.807, 2.05) is 0 Å². The molecule has 16 heavy (non-hydrogen) atoms. The first-order valence-corrected chi connectivity index (χ1v) is 5.21. The molecule has 0 bridgehead atoms. The number of H-pyrrole nitrogens is 1. The molecule has 5 nitrogen and oxygen atoms in total. The Morgan fingerprint density at radius 2 is 2.19 bits per heavy atom. The van der Waals surface area contributed by atoms with Gasteiger partial charge in [0.05, 0.1) is 0 Å². The van der Waals surface area contributed by atoms with E-state index in [9.17, 15) is 9.59 Å². The molecule has 1 aromatic rings. The summed E-state index contributed by atoms with van der Waals surface area (Å²) >= 11 is 0. The van der Waals surface area contributed by atoms with Crippen LogP contribution in [0.3, 0.4) is 0 Å². The Kier molecular flexibility index (Phi) is 4.25. The minimum absolute atomic E-state index is 0.171. The summed E-state index contributed by atoms with van der Waals surface area (Å²) in [5, 5.41) is 0. The average Bonchev–Trinajstić information content (AvgIpc) is 2.25. The van der Waals surface area contributed by atoms with Crippen LogP contribution in [-0.2, 0) is 0 Å². The van der Waals surface area contributed by atoms with Crippen LogP contribution in [-0.4, -0.2) is 35.9 Å². The van der Waals surface area contributed by atoms with Crippen molar-refractivity contribution in [3.63, 3.8) is 0 Å². The molecule has 0 aliphatic carbocycles. The van der Waals surface area contributed by atoms with Crippen molar-refractivity contribution in [2.45, 2.75) is 13.3 Å². The number of rotatable bonds is 4. The third-order valence-corrected chi connectivity index (χ3v) is 2.33. The molecule has 0 radical (unpaired) electrons. The van der Waals surface area contributed by atoms with Crippen molar-refractivity contribution in [2.75, 3.05) is 20.1 Å². The minimum Gasteiger partial charge on any atom is -0.341 e. The second-order valence-electron chi connectivity index (χ2n) is 3.75. The van der Waals surface area contributed by atoms with E-state index in [0.29, 0.717) is 13.1 Å². The monoisotopic (exact) mass is 223 g/mol. The molecule has 3 N–H and O–H groups in total. The van der Waals surface area contributed by atoms with Gasteiger partial charge in [0, 0.05) is 19.3 Å². The van der Waals surface area contributed by atoms with Gasteiger partial charge in [-0.25, -0.2) is 0 Å². The van der Waals surface area contributed by atoms with Gasteiger partial charge >= 0.3 is 0 Å². The highest BCUT2D eigenvalue weighted by molar-refractivity contribution is 5.93. The molecular weight excluding hydrogens is 206 g/mol. The molecule has 0 spiro atoms. The Hall–Kier alpha value is -1.62. The van der Waals surface area contributed by atoms with E-state index in [0.717, 1.165) is 12.1 Å². The lowest BCUT2D eigenvalue weighted by Crippen LogP contribution is -2.33. The normalized spacial score (nSPS) is 10.2. The number of aromatic nitrogens is 1. The summed E-state index contributed by atoms with van der Waals surface area (Å²) in [6.07, 6.45) is 0.728. The Bertz CT molecular complexity index is 425. The quantitative estimate of drug-likeness (QED) is 0.760. The fourth-order valence-corrected chi connectivity index (χ4v) is 1.38. The summed E-state index contributed by atoms with van der Waals surface area (Å²) in [6, 6.07) is 3.26. The largest absolute Gasteiger partial charge is 0.341 e. The van der Waals surface area contributed by atoms with Crippen molar-refractivity contribution in [1.82, 2.24) is 9.88 Å². The van der Waals surface area contributed by atoms with Crippen LogP contribution >= 0.6 is 0 Å². The fraction of sp³-hybridized carbons (Fsp3) is 0.455. The van der Waals surface area contributed by atoms with E-state index < -0.39 is 0 Å². The van der Waals surface area contributed by atoms with Gasteiger partial charge < -0.3 is 15.6 Å². The summed E-state index contributed by atoms with van der Waals surface area (Å²) in [7, 11) is 1.66. The highest BCUT2D eigenvalue weighted by Crippen LogP contribution is 1.99. The summed E-state index contributed by atoms with van der Waals surface area (Å²) in [6.45, 7) is 2.86. The van der Waals surface area contributed by atoms with Gasteiger partial charge in [-0.15, -0.1) is 0 Å². The molecule has 0 unspecified atom stereocenters. The average molecular weight is 223 g/mol. The summed E-state index contributed by atoms with van der Waals surface area (Å²) < 4.78 is 0. The third-order valence-electron chi connectivity index (χ3n) is 2.33. The topological polar surface area (TPSA) is 79.2 Å². The molecule has 1 heterocycles. The van der Waals surface area contributed by atoms with Gasteiger partial charge in [-0.3, -0.25) is 9.59 Å². The first kappa shape index (κ1) is 12.4. The Morgan fingerprint density at radius 1 is 1.50 bits per heavy atom. The molecule has 0 saturated carbocycles. The Balaban J connectivity index is 2.84. The van der Waals surface area contributed by atoms with E-state index in [1.165, 1.54) is 4.90 Å². The van der Waals surface area contributed by atoms with Gasteiger partial charge in [-0.1, -0.05) is 0 Å². The first-order chi connectivity index (χ1) is 7.56. The second-order valence-corrected chi connectivity index (χ2v) is 3.75. The smallest absolute Gasteiger partial charge is 0.260 e. The maximum Gasteiger partial charge on any atom is 0.260 e. The first-order valence-electron chi connectivity index (χ1n) is 5.21. The summed E-state index contributed by atoms with van der Waals surface area (Å²) in [4.78, 5) is 27.5. The number of nitrogens with one attached hydrogen (secondary N) is 1. The molecule has 1 aromatic heterocycles.